The molecule has 6 aromatic carbocycles. The molecule has 5 heteroatoms. The van der Waals surface area contributed by atoms with E-state index in [-0.39, 0.29) is 31.9 Å². The number of aromatic nitrogens is 1. The maximum absolute atomic E-state index is 5.72. The van der Waals surface area contributed by atoms with Crippen molar-refractivity contribution >= 4 is 38.0 Å². The Labute approximate surface area is 323 Å². The summed E-state index contributed by atoms with van der Waals surface area (Å²) in [5.41, 5.74) is 7.64. The van der Waals surface area contributed by atoms with Crippen LogP contribution in [-0.2, 0) is 25.8 Å². The van der Waals surface area contributed by atoms with E-state index < -0.39 is 0 Å². The van der Waals surface area contributed by atoms with Crippen LogP contribution in [0.15, 0.2) is 127 Å². The van der Waals surface area contributed by atoms with E-state index in [0.29, 0.717) is 11.8 Å². The molecule has 0 saturated carbocycles. The van der Waals surface area contributed by atoms with Gasteiger partial charge in [-0.25, -0.2) is 0 Å². The Kier molecular flexibility index (Phi) is 14.7. The summed E-state index contributed by atoms with van der Waals surface area (Å²) >= 11 is 0. The largest absolute Gasteiger partial charge is 0.673 e. The molecule has 7 rings (SSSR count). The van der Waals surface area contributed by atoms with Gasteiger partial charge in [-0.15, -0.1) is 34.8 Å². The van der Waals surface area contributed by atoms with Gasteiger partial charge in [-0.3, -0.25) is 0 Å². The molecule has 0 bridgehead atoms. The zero-order chi connectivity index (χ0) is 35.6. The molecule has 0 amide bonds. The van der Waals surface area contributed by atoms with Crippen molar-refractivity contribution in [1.29, 1.82) is 0 Å². The number of benzene rings is 6. The van der Waals surface area contributed by atoms with Crippen molar-refractivity contribution in [3.8, 4) is 11.3 Å². The van der Waals surface area contributed by atoms with E-state index in [9.17, 15) is 0 Å². The van der Waals surface area contributed by atoms with Gasteiger partial charge in [-0.2, -0.15) is 28.2 Å². The first kappa shape index (κ1) is 39.6. The monoisotopic (exact) mass is 836 g/mol. The molecule has 51 heavy (non-hydrogen) atoms. The van der Waals surface area contributed by atoms with Crippen molar-refractivity contribution in [3.63, 3.8) is 0 Å². The van der Waals surface area contributed by atoms with Gasteiger partial charge in [0.1, 0.15) is 0 Å². The third-order valence-electron chi connectivity index (χ3n) is 8.72. The quantitative estimate of drug-likeness (QED) is 0.0896. The van der Waals surface area contributed by atoms with E-state index in [0.717, 1.165) is 28.0 Å². The van der Waals surface area contributed by atoms with Crippen LogP contribution in [0.4, 0.5) is 5.69 Å². The van der Waals surface area contributed by atoms with E-state index >= 15 is 0 Å². The standard InChI is InChI=1S/C42H36N2.2C2H6N.Hf/c1-27(2)31-21-12-22-32(28(3)4)41(31)44-42(38-26-30-15-6-8-18-34(30)35-19-9-10-20-36(35)38)40-25-13-24-39(43-40)37-23-11-16-29-14-5-7-17-33(29)37;2*1-3-2;/h5-22,24-28,42H,1-4H3;2*1-2H3;/q-2;2*-1;. The molecular formula is C46H48HfN4-4. The molecule has 1 atom stereocenters. The van der Waals surface area contributed by atoms with Gasteiger partial charge in [0.15, 0.2) is 0 Å². The maximum atomic E-state index is 5.72. The van der Waals surface area contributed by atoms with Gasteiger partial charge in [0.05, 0.1) is 0 Å². The molecule has 0 N–H and O–H groups in total. The fourth-order valence-corrected chi connectivity index (χ4v) is 6.51. The predicted molar refractivity (Wildman–Crippen MR) is 217 cm³/mol. The summed E-state index contributed by atoms with van der Waals surface area (Å²) < 4.78 is 0. The summed E-state index contributed by atoms with van der Waals surface area (Å²) in [6, 6.07) is 48.5. The van der Waals surface area contributed by atoms with Gasteiger partial charge in [0, 0.05) is 31.5 Å². The fourth-order valence-electron chi connectivity index (χ4n) is 6.51. The van der Waals surface area contributed by atoms with Gasteiger partial charge in [0.2, 0.25) is 0 Å². The molecule has 0 aliphatic carbocycles. The van der Waals surface area contributed by atoms with Crippen LogP contribution in [0.3, 0.4) is 0 Å². The van der Waals surface area contributed by atoms with Gasteiger partial charge in [0.25, 0.3) is 0 Å². The van der Waals surface area contributed by atoms with Crippen LogP contribution in [0.2, 0.25) is 0 Å². The molecule has 1 aromatic heterocycles. The minimum atomic E-state index is -0.308. The number of para-hydroxylation sites is 1. The Morgan fingerprint density at radius 1 is 0.529 bits per heavy atom. The van der Waals surface area contributed by atoms with Crippen LogP contribution < -0.4 is 0 Å². The van der Waals surface area contributed by atoms with E-state index in [1.165, 1.54) is 43.6 Å². The normalized spacial score (nSPS) is 11.4. The minimum Gasteiger partial charge on any atom is -0.673 e. The van der Waals surface area contributed by atoms with Crippen LogP contribution in [-0.4, -0.2) is 33.2 Å². The zero-order valence-corrected chi connectivity index (χ0v) is 34.7. The Morgan fingerprint density at radius 2 is 1.06 bits per heavy atom. The number of rotatable bonds is 7. The number of pyridine rings is 1. The SMILES string of the molecule is CC(C)c1cccc(C(C)C)c1[N-]C(c1cccc(-c2[c-]ccc3ccccc23)n1)c1cc2ccccc2c2ccccc12.C[N-]C.C[N-]C.[Hf]. The first-order valence-corrected chi connectivity index (χ1v) is 17.4. The number of nitrogens with zero attached hydrogens (tertiary/aromatic N) is 4. The molecule has 0 saturated heterocycles. The first-order chi connectivity index (χ1) is 24.3. The Hall–Kier alpha value is -4.16. The third-order valence-corrected chi connectivity index (χ3v) is 8.72. The van der Waals surface area contributed by atoms with Crippen LogP contribution in [0.5, 0.6) is 0 Å². The molecule has 4 nitrogen and oxygen atoms in total. The molecule has 1 unspecified atom stereocenters. The van der Waals surface area contributed by atoms with Gasteiger partial charge in [-0.1, -0.05) is 153 Å². The molecule has 0 fully saturated rings. The molecule has 0 aliphatic rings. The third kappa shape index (κ3) is 9.02. The van der Waals surface area contributed by atoms with E-state index in [1.807, 2.05) is 6.07 Å². The summed E-state index contributed by atoms with van der Waals surface area (Å²) in [6.45, 7) is 9.03. The Balaban J connectivity index is 0.000000780. The van der Waals surface area contributed by atoms with Gasteiger partial charge in [-0.05, 0) is 56.7 Å². The van der Waals surface area contributed by atoms with E-state index in [1.54, 1.807) is 28.2 Å². The molecule has 7 aromatic rings. The van der Waals surface area contributed by atoms with Crippen molar-refractivity contribution < 1.29 is 25.8 Å². The summed E-state index contributed by atoms with van der Waals surface area (Å²) in [4.78, 5) is 5.38. The van der Waals surface area contributed by atoms with Crippen molar-refractivity contribution in [3.05, 3.63) is 172 Å². The number of hydrogen-bond donors (Lipinski definition) is 0. The second-order valence-electron chi connectivity index (χ2n) is 13.1. The smallest absolute Gasteiger partial charge is 0.0196 e. The summed E-state index contributed by atoms with van der Waals surface area (Å²) in [5, 5.41) is 20.0. The fraction of sp³-hybridized carbons (Fsp3) is 0.239. The van der Waals surface area contributed by atoms with Crippen LogP contribution in [0, 0.1) is 6.07 Å². The Bertz CT molecular complexity index is 2140. The molecule has 0 radical (unpaired) electrons. The Morgan fingerprint density at radius 3 is 1.69 bits per heavy atom. The molecular weight excluding hydrogens is 787 g/mol. The van der Waals surface area contributed by atoms with Gasteiger partial charge >= 0.3 is 0 Å². The number of hydrogen-bond acceptors (Lipinski definition) is 1. The average Bonchev–Trinajstić information content (AvgIpc) is 3.14. The van der Waals surface area contributed by atoms with Crippen LogP contribution in [0.1, 0.15) is 68.0 Å². The zero-order valence-electron chi connectivity index (χ0n) is 31.1. The average molecular weight is 835 g/mol. The maximum Gasteiger partial charge on any atom is 0.0196 e. The number of fused-ring (bicyclic) bond motifs is 4. The van der Waals surface area contributed by atoms with Crippen LogP contribution >= 0.6 is 0 Å². The predicted octanol–water partition coefficient (Wildman–Crippen LogP) is 13.3. The van der Waals surface area contributed by atoms with E-state index in [2.05, 4.69) is 166 Å². The van der Waals surface area contributed by atoms with Crippen LogP contribution in [0.25, 0.3) is 59.5 Å². The summed E-state index contributed by atoms with van der Waals surface area (Å²) in [5.74, 6) is 0.678. The molecule has 1 heterocycles. The van der Waals surface area contributed by atoms with E-state index in [4.69, 9.17) is 10.3 Å². The minimum absolute atomic E-state index is 0. The molecule has 0 aliphatic heterocycles. The molecule has 0 spiro atoms. The van der Waals surface area contributed by atoms with Crippen molar-refractivity contribution in [2.45, 2.75) is 45.6 Å². The topological polar surface area (TPSA) is 55.2 Å². The van der Waals surface area contributed by atoms with Crippen molar-refractivity contribution in [1.82, 2.24) is 4.98 Å². The summed E-state index contributed by atoms with van der Waals surface area (Å²) in [7, 11) is 7.00. The second kappa shape index (κ2) is 18.9. The first-order valence-electron chi connectivity index (χ1n) is 17.4. The van der Waals surface area contributed by atoms with Gasteiger partial charge < -0.3 is 20.9 Å². The van der Waals surface area contributed by atoms with Crippen molar-refractivity contribution in [2.24, 2.45) is 0 Å². The summed E-state index contributed by atoms with van der Waals surface area (Å²) in [6.07, 6.45) is 0. The molecule has 260 valence electrons. The van der Waals surface area contributed by atoms with Crippen molar-refractivity contribution in [2.75, 3.05) is 28.2 Å². The second-order valence-corrected chi connectivity index (χ2v) is 13.1.